The van der Waals surface area contributed by atoms with Gasteiger partial charge in [0.25, 0.3) is 5.91 Å². The van der Waals surface area contributed by atoms with E-state index < -0.39 is 0 Å². The van der Waals surface area contributed by atoms with Crippen molar-refractivity contribution >= 4 is 17.5 Å². The highest BCUT2D eigenvalue weighted by Gasteiger charge is 2.24. The lowest BCUT2D eigenvalue weighted by molar-refractivity contribution is 0.0661. The maximum atomic E-state index is 12.6. The SMILES string of the molecule is N#Cc1cccc(C(=O)N2CCC(COc3ccncc3Cl)CC2)c1. The number of piperidine rings is 1. The number of pyridine rings is 1. The first kappa shape index (κ1) is 17.2. The molecule has 2 aromatic rings. The van der Waals surface area contributed by atoms with Gasteiger partial charge in [0.15, 0.2) is 0 Å². The van der Waals surface area contributed by atoms with Gasteiger partial charge in [0.2, 0.25) is 0 Å². The van der Waals surface area contributed by atoms with Crippen LogP contribution in [-0.4, -0.2) is 35.5 Å². The highest BCUT2D eigenvalue weighted by atomic mass is 35.5. The number of carbonyl (C=O) groups excluding carboxylic acids is 1. The Morgan fingerprint density at radius 3 is 2.88 bits per heavy atom. The molecule has 0 unspecified atom stereocenters. The molecule has 6 heteroatoms. The van der Waals surface area contributed by atoms with Crippen LogP contribution in [0, 0.1) is 17.2 Å². The van der Waals surface area contributed by atoms with Crippen molar-refractivity contribution < 1.29 is 9.53 Å². The number of hydrogen-bond donors (Lipinski definition) is 0. The van der Waals surface area contributed by atoms with Crippen molar-refractivity contribution in [3.05, 3.63) is 58.9 Å². The molecule has 0 radical (unpaired) electrons. The van der Waals surface area contributed by atoms with Crippen molar-refractivity contribution in [2.24, 2.45) is 5.92 Å². The van der Waals surface area contributed by atoms with Gasteiger partial charge in [-0.25, -0.2) is 0 Å². The van der Waals surface area contributed by atoms with Crippen LogP contribution in [0.5, 0.6) is 5.75 Å². The molecule has 0 aliphatic carbocycles. The Morgan fingerprint density at radius 1 is 1.36 bits per heavy atom. The molecule has 0 atom stereocenters. The molecule has 1 saturated heterocycles. The molecule has 25 heavy (non-hydrogen) atoms. The summed E-state index contributed by atoms with van der Waals surface area (Å²) in [5, 5.41) is 9.47. The topological polar surface area (TPSA) is 66.2 Å². The Hall–Kier alpha value is -2.58. The summed E-state index contributed by atoms with van der Waals surface area (Å²) in [5.41, 5.74) is 1.07. The molecular weight excluding hydrogens is 338 g/mol. The Labute approximate surface area is 151 Å². The summed E-state index contributed by atoms with van der Waals surface area (Å²) in [6.07, 6.45) is 4.98. The van der Waals surface area contributed by atoms with E-state index in [4.69, 9.17) is 21.6 Å². The van der Waals surface area contributed by atoms with Crippen LogP contribution >= 0.6 is 11.6 Å². The van der Waals surface area contributed by atoms with Crippen LogP contribution in [0.15, 0.2) is 42.7 Å². The quantitative estimate of drug-likeness (QED) is 0.841. The Balaban J connectivity index is 1.52. The minimum atomic E-state index is -0.0198. The van der Waals surface area contributed by atoms with Gasteiger partial charge in [0.05, 0.1) is 18.2 Å². The molecule has 0 bridgehead atoms. The van der Waals surface area contributed by atoms with Crippen molar-refractivity contribution in [1.29, 1.82) is 5.26 Å². The van der Waals surface area contributed by atoms with Gasteiger partial charge >= 0.3 is 0 Å². The van der Waals surface area contributed by atoms with Crippen LogP contribution in [0.4, 0.5) is 0 Å². The molecule has 1 amide bonds. The minimum absolute atomic E-state index is 0.0198. The number of ether oxygens (including phenoxy) is 1. The average molecular weight is 356 g/mol. The average Bonchev–Trinajstić information content (AvgIpc) is 2.67. The van der Waals surface area contributed by atoms with Gasteiger partial charge in [-0.1, -0.05) is 17.7 Å². The van der Waals surface area contributed by atoms with E-state index in [0.29, 0.717) is 47.5 Å². The lowest BCUT2D eigenvalue weighted by atomic mass is 9.97. The van der Waals surface area contributed by atoms with E-state index in [9.17, 15) is 4.79 Å². The van der Waals surface area contributed by atoms with Gasteiger partial charge < -0.3 is 9.64 Å². The molecule has 1 aliphatic heterocycles. The number of halogens is 1. The normalized spacial score (nSPS) is 14.8. The van der Waals surface area contributed by atoms with Gasteiger partial charge in [-0.3, -0.25) is 9.78 Å². The molecule has 2 heterocycles. The lowest BCUT2D eigenvalue weighted by Crippen LogP contribution is -2.39. The van der Waals surface area contributed by atoms with E-state index in [-0.39, 0.29) is 5.91 Å². The summed E-state index contributed by atoms with van der Waals surface area (Å²) >= 11 is 6.04. The van der Waals surface area contributed by atoms with E-state index in [0.717, 1.165) is 12.8 Å². The molecule has 0 N–H and O–H groups in total. The number of nitriles is 1. The maximum absolute atomic E-state index is 12.6. The number of carbonyl (C=O) groups is 1. The van der Waals surface area contributed by atoms with Crippen LogP contribution in [0.25, 0.3) is 0 Å². The summed E-state index contributed by atoms with van der Waals surface area (Å²) in [5.74, 6) is 1.01. The van der Waals surface area contributed by atoms with Crippen LogP contribution in [-0.2, 0) is 0 Å². The third kappa shape index (κ3) is 4.28. The fraction of sp³-hybridized carbons (Fsp3) is 0.316. The van der Waals surface area contributed by atoms with E-state index >= 15 is 0 Å². The summed E-state index contributed by atoms with van der Waals surface area (Å²) in [6, 6.07) is 10.7. The Morgan fingerprint density at radius 2 is 2.16 bits per heavy atom. The standard InChI is InChI=1S/C19H18ClN3O2/c20-17-12-22-7-4-18(17)25-13-14-5-8-23(9-6-14)19(24)16-3-1-2-15(10-16)11-21/h1-4,7,10,12,14H,5-6,8-9,13H2. The fourth-order valence-corrected chi connectivity index (χ4v) is 3.07. The molecule has 0 spiro atoms. The molecule has 5 nitrogen and oxygen atoms in total. The first-order valence-corrected chi connectivity index (χ1v) is 8.57. The smallest absolute Gasteiger partial charge is 0.253 e. The number of benzene rings is 1. The molecular formula is C19H18ClN3O2. The largest absolute Gasteiger partial charge is 0.492 e. The molecule has 0 saturated carbocycles. The number of likely N-dealkylation sites (tertiary alicyclic amines) is 1. The van der Waals surface area contributed by atoms with Gasteiger partial charge in [-0.2, -0.15) is 5.26 Å². The maximum Gasteiger partial charge on any atom is 0.253 e. The van der Waals surface area contributed by atoms with Gasteiger partial charge in [-0.15, -0.1) is 0 Å². The van der Waals surface area contributed by atoms with Gasteiger partial charge in [0, 0.05) is 37.1 Å². The molecule has 128 valence electrons. The number of aromatic nitrogens is 1. The van der Waals surface area contributed by atoms with Crippen molar-refractivity contribution in [2.45, 2.75) is 12.8 Å². The first-order valence-electron chi connectivity index (χ1n) is 8.19. The third-order valence-corrected chi connectivity index (χ3v) is 4.63. The molecule has 3 rings (SSSR count). The molecule has 1 aliphatic rings. The van der Waals surface area contributed by atoms with E-state index in [1.54, 1.807) is 42.7 Å². The highest BCUT2D eigenvalue weighted by molar-refractivity contribution is 6.31. The summed E-state index contributed by atoms with van der Waals surface area (Å²) in [6.45, 7) is 1.96. The number of nitrogens with zero attached hydrogens (tertiary/aromatic N) is 3. The summed E-state index contributed by atoms with van der Waals surface area (Å²) < 4.78 is 5.78. The zero-order chi connectivity index (χ0) is 17.6. The number of amides is 1. The Bertz CT molecular complexity index is 795. The van der Waals surface area contributed by atoms with Crippen molar-refractivity contribution in [2.75, 3.05) is 19.7 Å². The summed E-state index contributed by atoms with van der Waals surface area (Å²) in [7, 11) is 0. The third-order valence-electron chi connectivity index (χ3n) is 4.35. The van der Waals surface area contributed by atoms with E-state index in [1.165, 1.54) is 0 Å². The van der Waals surface area contributed by atoms with Crippen molar-refractivity contribution in [3.8, 4) is 11.8 Å². The summed E-state index contributed by atoms with van der Waals surface area (Å²) in [4.78, 5) is 18.3. The van der Waals surface area contributed by atoms with Crippen LogP contribution in [0.3, 0.4) is 0 Å². The fourth-order valence-electron chi connectivity index (χ4n) is 2.89. The second kappa shape index (κ2) is 8.00. The van der Waals surface area contributed by atoms with Crippen LogP contribution < -0.4 is 4.74 Å². The predicted octanol–water partition coefficient (Wildman–Crippen LogP) is 3.54. The van der Waals surface area contributed by atoms with Crippen molar-refractivity contribution in [3.63, 3.8) is 0 Å². The van der Waals surface area contributed by atoms with E-state index in [2.05, 4.69) is 11.1 Å². The zero-order valence-electron chi connectivity index (χ0n) is 13.7. The lowest BCUT2D eigenvalue weighted by Gasteiger charge is -2.32. The zero-order valence-corrected chi connectivity index (χ0v) is 14.4. The number of rotatable bonds is 4. The van der Waals surface area contributed by atoms with Gasteiger partial charge in [-0.05, 0) is 37.0 Å². The van der Waals surface area contributed by atoms with E-state index in [1.807, 2.05) is 4.90 Å². The number of hydrogen-bond acceptors (Lipinski definition) is 4. The predicted molar refractivity (Wildman–Crippen MR) is 94.5 cm³/mol. The molecule has 1 fully saturated rings. The monoisotopic (exact) mass is 355 g/mol. The van der Waals surface area contributed by atoms with Crippen LogP contribution in [0.2, 0.25) is 5.02 Å². The molecule has 1 aromatic heterocycles. The second-order valence-corrected chi connectivity index (χ2v) is 6.45. The highest BCUT2D eigenvalue weighted by Crippen LogP contribution is 2.25. The van der Waals surface area contributed by atoms with Crippen LogP contribution in [0.1, 0.15) is 28.8 Å². The Kier molecular flexibility index (Phi) is 5.52. The van der Waals surface area contributed by atoms with Gasteiger partial charge in [0.1, 0.15) is 10.8 Å². The molecule has 1 aromatic carbocycles. The second-order valence-electron chi connectivity index (χ2n) is 6.05. The first-order chi connectivity index (χ1) is 12.2. The van der Waals surface area contributed by atoms with Crippen molar-refractivity contribution in [1.82, 2.24) is 9.88 Å². The minimum Gasteiger partial charge on any atom is -0.492 e.